The van der Waals surface area contributed by atoms with Crippen LogP contribution in [0.5, 0.6) is 0 Å². The third kappa shape index (κ3) is 5.31. The van der Waals surface area contributed by atoms with E-state index in [0.717, 1.165) is 70.6 Å². The first-order valence-corrected chi connectivity index (χ1v) is 21.6. The molecule has 12 rings (SSSR count). The lowest BCUT2D eigenvalue weighted by Gasteiger charge is -2.38. The number of hydrogen-bond donors (Lipinski definition) is 0. The van der Waals surface area contributed by atoms with E-state index in [4.69, 9.17) is 0 Å². The molecule has 2 aliphatic heterocycles. The summed E-state index contributed by atoms with van der Waals surface area (Å²) < 4.78 is 2.51. The summed E-state index contributed by atoms with van der Waals surface area (Å²) in [5.74, 6) is 0.974. The van der Waals surface area contributed by atoms with Crippen molar-refractivity contribution >= 4 is 22.6 Å². The van der Waals surface area contributed by atoms with E-state index in [-0.39, 0.29) is 0 Å². The van der Waals surface area contributed by atoms with E-state index in [1.165, 1.54) is 56.1 Å². The zero-order valence-corrected chi connectivity index (χ0v) is 32.7. The van der Waals surface area contributed by atoms with E-state index >= 15 is 0 Å². The van der Waals surface area contributed by atoms with Gasteiger partial charge in [0.05, 0.1) is 5.52 Å². The van der Waals surface area contributed by atoms with Crippen LogP contribution in [0.3, 0.4) is 0 Å². The predicted molar refractivity (Wildman–Crippen MR) is 235 cm³/mol. The Morgan fingerprint density at radius 2 is 1.39 bits per heavy atom. The smallest absolute Gasteiger partial charge is 0.0537 e. The Morgan fingerprint density at radius 1 is 0.596 bits per heavy atom. The van der Waals surface area contributed by atoms with E-state index in [2.05, 4.69) is 160 Å². The summed E-state index contributed by atoms with van der Waals surface area (Å²) in [5, 5.41) is 1.36. The molecule has 0 fully saturated rings. The van der Waals surface area contributed by atoms with Gasteiger partial charge in [0, 0.05) is 68.7 Å². The van der Waals surface area contributed by atoms with Gasteiger partial charge in [-0.3, -0.25) is 0 Å². The Kier molecular flexibility index (Phi) is 7.84. The van der Waals surface area contributed by atoms with Crippen molar-refractivity contribution < 1.29 is 0 Å². The van der Waals surface area contributed by atoms with E-state index in [9.17, 15) is 0 Å². The molecular formula is C54H49N3. The van der Waals surface area contributed by atoms with Gasteiger partial charge < -0.3 is 14.4 Å². The topological polar surface area (TPSA) is 11.4 Å². The lowest BCUT2D eigenvalue weighted by Crippen LogP contribution is -2.36. The molecule has 1 aromatic heterocycles. The van der Waals surface area contributed by atoms with Crippen molar-refractivity contribution in [1.82, 2.24) is 14.4 Å². The van der Waals surface area contributed by atoms with Crippen LogP contribution in [0.4, 0.5) is 0 Å². The molecule has 3 heteroatoms. The molecule has 57 heavy (non-hydrogen) atoms. The van der Waals surface area contributed by atoms with Crippen LogP contribution in [-0.4, -0.2) is 20.4 Å². The molecule has 3 atom stereocenters. The molecule has 0 radical (unpaired) electrons. The Balaban J connectivity index is 0.877. The maximum atomic E-state index is 2.82. The number of para-hydroxylation sites is 2. The highest BCUT2D eigenvalue weighted by Crippen LogP contribution is 2.54. The number of aromatic nitrogens is 1. The highest BCUT2D eigenvalue weighted by atomic mass is 15.2. The number of rotatable bonds is 5. The molecule has 0 N–H and O–H groups in total. The minimum absolute atomic E-state index is 0.420. The second-order valence-corrected chi connectivity index (χ2v) is 17.2. The molecule has 3 aromatic carbocycles. The van der Waals surface area contributed by atoms with Crippen molar-refractivity contribution in [3.05, 3.63) is 207 Å². The van der Waals surface area contributed by atoms with E-state index in [0.29, 0.717) is 17.9 Å². The average molecular weight is 740 g/mol. The maximum absolute atomic E-state index is 2.82. The first-order chi connectivity index (χ1) is 28.3. The Morgan fingerprint density at radius 3 is 2.26 bits per heavy atom. The number of nitrogens with zero attached hydrogens (tertiary/aromatic N) is 3. The average Bonchev–Trinajstić information content (AvgIpc) is 3.92. The van der Waals surface area contributed by atoms with Gasteiger partial charge >= 0.3 is 0 Å². The zero-order valence-electron chi connectivity index (χ0n) is 32.7. The van der Waals surface area contributed by atoms with Gasteiger partial charge in [-0.1, -0.05) is 109 Å². The maximum Gasteiger partial charge on any atom is 0.0537 e. The first kappa shape index (κ1) is 33.4. The second-order valence-electron chi connectivity index (χ2n) is 17.2. The fourth-order valence-electron chi connectivity index (χ4n) is 11.7. The van der Waals surface area contributed by atoms with Crippen LogP contribution in [0.2, 0.25) is 0 Å². The van der Waals surface area contributed by atoms with Gasteiger partial charge in [-0.2, -0.15) is 0 Å². The van der Waals surface area contributed by atoms with E-state index in [1.807, 2.05) is 0 Å². The predicted octanol–water partition coefficient (Wildman–Crippen LogP) is 13.1. The van der Waals surface area contributed by atoms with E-state index in [1.54, 1.807) is 33.7 Å². The molecule has 4 aromatic rings. The summed E-state index contributed by atoms with van der Waals surface area (Å²) in [6, 6.07) is 31.4. The molecule has 8 aliphatic rings. The molecule has 0 saturated heterocycles. The van der Waals surface area contributed by atoms with Gasteiger partial charge in [0.2, 0.25) is 0 Å². The molecule has 0 amide bonds. The number of allylic oxidation sites excluding steroid dienone is 16. The first-order valence-electron chi connectivity index (χ1n) is 21.6. The summed E-state index contributed by atoms with van der Waals surface area (Å²) in [4.78, 5) is 5.54. The molecular weight excluding hydrogens is 691 g/mol. The third-order valence-electron chi connectivity index (χ3n) is 14.2. The summed E-state index contributed by atoms with van der Waals surface area (Å²) in [6.07, 6.45) is 37.3. The molecule has 0 saturated carbocycles. The normalized spacial score (nSPS) is 24.9. The summed E-state index contributed by atoms with van der Waals surface area (Å²) in [7, 11) is 0. The van der Waals surface area contributed by atoms with Crippen molar-refractivity contribution in [2.24, 2.45) is 11.8 Å². The SMILES string of the molecule is C1=CC2=C(CC1)N(C1=Cc3c(n(-c4ccccc4)c4ccccc34)CC1)C1=CC=C(C3=CCC4C(C3)C3=C(CCC=C3)N4C3=CC(c4ccccc4)=CCC3)CC12. The van der Waals surface area contributed by atoms with Crippen LogP contribution in [0.1, 0.15) is 81.0 Å². The molecule has 6 aliphatic carbocycles. The van der Waals surface area contributed by atoms with Gasteiger partial charge in [0.25, 0.3) is 0 Å². The quantitative estimate of drug-likeness (QED) is 0.202. The van der Waals surface area contributed by atoms with Gasteiger partial charge in [0.15, 0.2) is 0 Å². The fourth-order valence-corrected chi connectivity index (χ4v) is 11.7. The molecule has 3 heterocycles. The van der Waals surface area contributed by atoms with Gasteiger partial charge in [0.1, 0.15) is 0 Å². The highest BCUT2D eigenvalue weighted by Gasteiger charge is 2.45. The van der Waals surface area contributed by atoms with Crippen LogP contribution in [0.15, 0.2) is 190 Å². The number of hydrogen-bond acceptors (Lipinski definition) is 2. The highest BCUT2D eigenvalue weighted by molar-refractivity contribution is 5.94. The standard InChI is InChI=1S/C54H49N3/c1-3-14-36(15-4-1)37-16-13-19-41(32-37)56-50-24-11-7-20-43(50)46-33-38(26-29-52(46)56)39-27-30-53-47(34-39)44-21-8-12-25-51(44)57(53)42-28-31-54-48(35-42)45-22-9-10-23-49(45)55(54)40-17-5-2-6-18-40/h1-10,14-18,20-23,26-27,30,32,35,46-47,52H,11-13,19,24-25,28-29,31,33-34H2. The third-order valence-corrected chi connectivity index (χ3v) is 14.2. The zero-order chi connectivity index (χ0) is 37.5. The largest absolute Gasteiger partial charge is 0.344 e. The van der Waals surface area contributed by atoms with Crippen LogP contribution < -0.4 is 0 Å². The Bertz CT molecular complexity index is 2660. The van der Waals surface area contributed by atoms with Gasteiger partial charge in [-0.25, -0.2) is 0 Å². The number of benzene rings is 3. The lowest BCUT2D eigenvalue weighted by molar-refractivity contribution is 0.268. The lowest BCUT2D eigenvalue weighted by atomic mass is 9.75. The summed E-state index contributed by atoms with van der Waals surface area (Å²) in [5.41, 5.74) is 22.1. The van der Waals surface area contributed by atoms with Crippen LogP contribution >= 0.6 is 0 Å². The van der Waals surface area contributed by atoms with Gasteiger partial charge in [-0.15, -0.1) is 0 Å². The second kappa shape index (κ2) is 13.4. The molecule has 3 unspecified atom stereocenters. The fraction of sp³-hybridized carbons (Fsp3) is 0.259. The minimum Gasteiger partial charge on any atom is -0.344 e. The van der Waals surface area contributed by atoms with Crippen molar-refractivity contribution in [3.63, 3.8) is 0 Å². The Labute approximate surface area is 337 Å². The Hall–Kier alpha value is -5.80. The summed E-state index contributed by atoms with van der Waals surface area (Å²) in [6.45, 7) is 0. The number of fused-ring (bicyclic) bond motifs is 7. The minimum atomic E-state index is 0.420. The summed E-state index contributed by atoms with van der Waals surface area (Å²) >= 11 is 0. The van der Waals surface area contributed by atoms with Crippen molar-refractivity contribution in [2.75, 3.05) is 0 Å². The van der Waals surface area contributed by atoms with E-state index < -0.39 is 0 Å². The molecule has 0 bridgehead atoms. The van der Waals surface area contributed by atoms with Crippen LogP contribution in [0.25, 0.3) is 28.2 Å². The molecule has 3 nitrogen and oxygen atoms in total. The van der Waals surface area contributed by atoms with Gasteiger partial charge in [-0.05, 0) is 140 Å². The van der Waals surface area contributed by atoms with Crippen molar-refractivity contribution in [2.45, 2.75) is 76.7 Å². The van der Waals surface area contributed by atoms with Crippen LogP contribution in [-0.2, 0) is 6.42 Å². The van der Waals surface area contributed by atoms with Crippen LogP contribution in [0, 0.1) is 11.8 Å². The molecule has 0 spiro atoms. The van der Waals surface area contributed by atoms with Crippen molar-refractivity contribution in [3.8, 4) is 5.69 Å². The monoisotopic (exact) mass is 739 g/mol. The van der Waals surface area contributed by atoms with Crippen molar-refractivity contribution in [1.29, 1.82) is 0 Å². The molecule has 280 valence electrons.